The van der Waals surface area contributed by atoms with E-state index >= 15 is 65.9 Å². The van der Waals surface area contributed by atoms with Gasteiger partial charge in [-0.1, -0.05) is 72.8 Å². The average molecular weight is 1120 g/mol. The fourth-order valence-electron chi connectivity index (χ4n) is 10.4. The number of ether oxygens (including phenoxy) is 3. The lowest BCUT2D eigenvalue weighted by atomic mass is 9.82. The van der Waals surface area contributed by atoms with Crippen LogP contribution < -0.4 is 28.9 Å². The van der Waals surface area contributed by atoms with Crippen molar-refractivity contribution in [1.29, 1.82) is 0 Å². The maximum atomic E-state index is 17.9. The largest absolute Gasteiger partial charge is 0.453 e. The Morgan fingerprint density at radius 2 is 0.333 bits per heavy atom. The van der Waals surface area contributed by atoms with E-state index in [0.717, 1.165) is 14.7 Å². The summed E-state index contributed by atoms with van der Waals surface area (Å²) < 4.78 is 272. The summed E-state index contributed by atoms with van der Waals surface area (Å²) in [5, 5.41) is 0. The van der Waals surface area contributed by atoms with Gasteiger partial charge in [0.1, 0.15) is 0 Å². The van der Waals surface area contributed by atoms with Crippen LogP contribution in [0, 0.1) is 87.3 Å². The Balaban J connectivity index is 1.46. The molecule has 0 atom stereocenters. The fraction of sp³-hybridized carbons (Fsp3) is 0. The summed E-state index contributed by atoms with van der Waals surface area (Å²) in [6.07, 6.45) is 0. The molecule has 402 valence electrons. The minimum absolute atomic E-state index is 0.279. The number of para-hydroxylation sites is 12. The first kappa shape index (κ1) is 50.5. The Morgan fingerprint density at radius 1 is 0.185 bits per heavy atom. The highest BCUT2D eigenvalue weighted by Gasteiger charge is 2.47. The molecule has 10 aromatic rings. The quantitative estimate of drug-likeness (QED) is 0.0938. The third-order valence-corrected chi connectivity index (χ3v) is 13.8. The molecule has 0 radical (unpaired) electrons. The molecule has 6 nitrogen and oxygen atoms in total. The summed E-state index contributed by atoms with van der Waals surface area (Å²) in [5.41, 5.74) is -17.7. The molecule has 3 heterocycles. The van der Waals surface area contributed by atoms with Gasteiger partial charge in [0, 0.05) is 16.7 Å². The molecule has 0 saturated carbocycles. The first-order valence-electron chi connectivity index (χ1n) is 23.8. The number of fused-ring (bicyclic) bond motifs is 6. The Bertz CT molecular complexity index is 3720. The smallest absolute Gasteiger partial charge is 0.200 e. The Labute approximate surface area is 445 Å². The van der Waals surface area contributed by atoms with Crippen LogP contribution in [0.25, 0.3) is 33.4 Å². The molecule has 0 aromatic heterocycles. The summed E-state index contributed by atoms with van der Waals surface area (Å²) in [4.78, 5) is 2.46. The van der Waals surface area contributed by atoms with Gasteiger partial charge in [-0.15, -0.1) is 0 Å². The van der Waals surface area contributed by atoms with Crippen molar-refractivity contribution in [2.45, 2.75) is 0 Å². The SMILES string of the molecule is Fc1c(F)c(F)c(-c2c(N3c4ccccc4Oc4ccccc43)c(-c3c(F)c(F)c(F)c(F)c3F)c(N3c4ccccc4Oc4ccccc43)c(-c3c(F)c(F)c(F)c(F)c3F)c2N2c3ccccc3Oc3ccccc32)c(F)c1F. The normalized spacial score (nSPS) is 12.9. The average Bonchev–Trinajstić information content (AvgIpc) is 3.68. The summed E-state index contributed by atoms with van der Waals surface area (Å²) in [5.74, 6) is -43.3. The van der Waals surface area contributed by atoms with Gasteiger partial charge in [0.2, 0.25) is 17.5 Å². The fourth-order valence-corrected chi connectivity index (χ4v) is 10.4. The van der Waals surface area contributed by atoms with E-state index in [1.807, 2.05) is 0 Å². The van der Waals surface area contributed by atoms with Crippen molar-refractivity contribution in [1.82, 2.24) is 0 Å². The van der Waals surface area contributed by atoms with Crippen molar-refractivity contribution in [2.24, 2.45) is 0 Å². The van der Waals surface area contributed by atoms with Crippen LogP contribution in [-0.2, 0) is 0 Å². The molecule has 21 heteroatoms. The number of rotatable bonds is 6. The van der Waals surface area contributed by atoms with Gasteiger partial charge in [-0.3, -0.25) is 0 Å². The summed E-state index contributed by atoms with van der Waals surface area (Å²) in [7, 11) is 0. The molecule has 3 aliphatic rings. The van der Waals surface area contributed by atoms with Gasteiger partial charge in [-0.2, -0.15) is 0 Å². The third-order valence-electron chi connectivity index (χ3n) is 13.8. The van der Waals surface area contributed by atoms with Crippen LogP contribution in [0.15, 0.2) is 146 Å². The predicted molar refractivity (Wildman–Crippen MR) is 266 cm³/mol. The van der Waals surface area contributed by atoms with Crippen LogP contribution >= 0.6 is 0 Å². The highest BCUT2D eigenvalue weighted by Crippen LogP contribution is 2.69. The molecule has 10 aromatic carbocycles. The van der Waals surface area contributed by atoms with Crippen LogP contribution in [0.3, 0.4) is 0 Å². The number of hydrogen-bond donors (Lipinski definition) is 0. The zero-order valence-electron chi connectivity index (χ0n) is 40.1. The number of anilines is 9. The highest BCUT2D eigenvalue weighted by atomic mass is 19.2. The number of hydrogen-bond acceptors (Lipinski definition) is 6. The molecule has 0 N–H and O–H groups in total. The van der Waals surface area contributed by atoms with E-state index in [4.69, 9.17) is 14.2 Å². The van der Waals surface area contributed by atoms with Crippen molar-refractivity contribution in [3.05, 3.63) is 233 Å². The molecule has 81 heavy (non-hydrogen) atoms. The molecule has 0 saturated heterocycles. The lowest BCUT2D eigenvalue weighted by Crippen LogP contribution is -2.26. The molecular formula is C60H24F15N3O3. The van der Waals surface area contributed by atoms with Crippen molar-refractivity contribution in [3.63, 3.8) is 0 Å². The number of benzene rings is 10. The first-order valence-corrected chi connectivity index (χ1v) is 23.8. The van der Waals surface area contributed by atoms with E-state index in [1.165, 1.54) is 146 Å². The van der Waals surface area contributed by atoms with Crippen molar-refractivity contribution in [3.8, 4) is 67.9 Å². The monoisotopic (exact) mass is 1120 g/mol. The van der Waals surface area contributed by atoms with Crippen LogP contribution in [0.5, 0.6) is 34.5 Å². The van der Waals surface area contributed by atoms with Gasteiger partial charge in [0.15, 0.2) is 104 Å². The van der Waals surface area contributed by atoms with Crippen LogP contribution in [0.1, 0.15) is 0 Å². The van der Waals surface area contributed by atoms with Crippen LogP contribution in [0.2, 0.25) is 0 Å². The van der Waals surface area contributed by atoms with E-state index in [-0.39, 0.29) is 34.5 Å². The molecule has 0 aliphatic carbocycles. The molecule has 0 amide bonds. The van der Waals surface area contributed by atoms with Crippen molar-refractivity contribution in [2.75, 3.05) is 14.7 Å². The van der Waals surface area contributed by atoms with E-state index in [0.29, 0.717) is 0 Å². The predicted octanol–water partition coefficient (Wildman–Crippen LogP) is 19.5. The van der Waals surface area contributed by atoms with E-state index in [9.17, 15) is 0 Å². The van der Waals surface area contributed by atoms with Crippen molar-refractivity contribution >= 4 is 51.2 Å². The van der Waals surface area contributed by atoms with Gasteiger partial charge in [0.25, 0.3) is 0 Å². The Kier molecular flexibility index (Phi) is 11.5. The maximum absolute atomic E-state index is 17.9. The van der Waals surface area contributed by atoms with E-state index in [2.05, 4.69) is 0 Å². The second-order valence-electron chi connectivity index (χ2n) is 18.1. The topological polar surface area (TPSA) is 37.4 Å². The maximum Gasteiger partial charge on any atom is 0.200 e. The van der Waals surface area contributed by atoms with Gasteiger partial charge in [-0.25, -0.2) is 65.9 Å². The minimum atomic E-state index is -2.82. The summed E-state index contributed by atoms with van der Waals surface area (Å²) >= 11 is 0. The van der Waals surface area contributed by atoms with Gasteiger partial charge in [-0.05, 0) is 72.8 Å². The standard InChI is InChI=1S/C60H24F15N3O3/c61-43-37(44(62)50(68)55(73)49(43)67)40-58(76-25-13-1-7-19-31(25)79-32-20-8-2-14-26(32)76)41(38-45(63)51(69)56(74)52(70)46(38)64)60(78-29-17-5-11-23-35(29)81-36-24-12-6-18-30(36)78)42(39-47(65)53(71)57(75)54(72)48(39)66)59(40)77-27-15-3-9-21-33(27)80-34-22-10-4-16-28(34)77/h1-24H. The zero-order valence-corrected chi connectivity index (χ0v) is 40.1. The number of nitrogens with zero attached hydrogens (tertiary/aromatic N) is 3. The highest BCUT2D eigenvalue weighted by molar-refractivity contribution is 6.19. The minimum Gasteiger partial charge on any atom is -0.453 e. The lowest BCUT2D eigenvalue weighted by Gasteiger charge is -2.43. The van der Waals surface area contributed by atoms with Gasteiger partial charge < -0.3 is 28.9 Å². The lowest BCUT2D eigenvalue weighted by molar-refractivity contribution is 0.381. The third kappa shape index (κ3) is 7.19. The molecule has 13 rings (SSSR count). The van der Waals surface area contributed by atoms with Crippen LogP contribution in [-0.4, -0.2) is 0 Å². The number of halogens is 15. The molecule has 0 unspecified atom stereocenters. The van der Waals surface area contributed by atoms with Crippen LogP contribution in [0.4, 0.5) is 117 Å². The zero-order chi connectivity index (χ0) is 56.6. The van der Waals surface area contributed by atoms with Gasteiger partial charge in [0.05, 0.1) is 67.9 Å². The molecule has 0 fully saturated rings. The van der Waals surface area contributed by atoms with E-state index in [1.54, 1.807) is 0 Å². The second kappa shape index (κ2) is 18.5. The summed E-state index contributed by atoms with van der Waals surface area (Å²) in [6.45, 7) is 0. The van der Waals surface area contributed by atoms with E-state index < -0.39 is 172 Å². The molecular weight excluding hydrogens is 1100 g/mol. The molecule has 0 spiro atoms. The van der Waals surface area contributed by atoms with Crippen molar-refractivity contribution < 1.29 is 80.1 Å². The molecule has 3 aliphatic heterocycles. The Hall–Kier alpha value is -10.1. The second-order valence-corrected chi connectivity index (χ2v) is 18.1. The van der Waals surface area contributed by atoms with Gasteiger partial charge >= 0.3 is 0 Å². The molecule has 0 bridgehead atoms. The first-order chi connectivity index (χ1) is 39.0. The Morgan fingerprint density at radius 3 is 0.506 bits per heavy atom. The summed E-state index contributed by atoms with van der Waals surface area (Å²) in [6, 6.07) is 30.8.